The number of rotatable bonds is 7. The number of para-hydroxylation sites is 1. The third-order valence-corrected chi connectivity index (χ3v) is 4.30. The van der Waals surface area contributed by atoms with Gasteiger partial charge in [0.25, 0.3) is 0 Å². The van der Waals surface area contributed by atoms with E-state index in [4.69, 9.17) is 9.47 Å². The van der Waals surface area contributed by atoms with E-state index in [-0.39, 0.29) is 12.4 Å². The van der Waals surface area contributed by atoms with E-state index < -0.39 is 12.1 Å². The lowest BCUT2D eigenvalue weighted by Crippen LogP contribution is -2.23. The zero-order chi connectivity index (χ0) is 19.9. The van der Waals surface area contributed by atoms with Crippen LogP contribution in [0.2, 0.25) is 0 Å². The second-order valence-corrected chi connectivity index (χ2v) is 6.61. The molecule has 4 nitrogen and oxygen atoms in total. The van der Waals surface area contributed by atoms with Gasteiger partial charge in [0.05, 0.1) is 0 Å². The van der Waals surface area contributed by atoms with Gasteiger partial charge >= 0.3 is 5.97 Å². The van der Waals surface area contributed by atoms with E-state index in [0.29, 0.717) is 16.9 Å². The lowest BCUT2D eigenvalue weighted by atomic mass is 9.98. The summed E-state index contributed by atoms with van der Waals surface area (Å²) in [5.41, 5.74) is 3.23. The van der Waals surface area contributed by atoms with Gasteiger partial charge in [-0.2, -0.15) is 0 Å². The van der Waals surface area contributed by atoms with Crippen LogP contribution in [0.1, 0.15) is 33.2 Å². The third-order valence-electron chi connectivity index (χ3n) is 4.30. The van der Waals surface area contributed by atoms with Crippen molar-refractivity contribution in [3.05, 3.63) is 101 Å². The van der Waals surface area contributed by atoms with E-state index in [0.717, 1.165) is 11.1 Å². The molecule has 3 aromatic carbocycles. The Kier molecular flexibility index (Phi) is 6.22. The topological polar surface area (TPSA) is 52.6 Å². The van der Waals surface area contributed by atoms with E-state index in [1.165, 1.54) is 0 Å². The highest BCUT2D eigenvalue weighted by Crippen LogP contribution is 2.24. The highest BCUT2D eigenvalue weighted by atomic mass is 16.6. The van der Waals surface area contributed by atoms with Gasteiger partial charge in [-0.25, -0.2) is 4.79 Å². The minimum Gasteiger partial charge on any atom is -0.482 e. The van der Waals surface area contributed by atoms with Crippen LogP contribution in [0.15, 0.2) is 78.9 Å². The summed E-state index contributed by atoms with van der Waals surface area (Å²) in [6, 6.07) is 23.6. The van der Waals surface area contributed by atoms with Crippen molar-refractivity contribution in [1.82, 2.24) is 0 Å². The Morgan fingerprint density at radius 2 is 1.36 bits per heavy atom. The number of ketones is 1. The van der Waals surface area contributed by atoms with Gasteiger partial charge in [-0.1, -0.05) is 77.9 Å². The van der Waals surface area contributed by atoms with Crippen LogP contribution < -0.4 is 4.74 Å². The Labute approximate surface area is 164 Å². The largest absolute Gasteiger partial charge is 0.482 e. The van der Waals surface area contributed by atoms with Crippen molar-refractivity contribution < 1.29 is 19.1 Å². The van der Waals surface area contributed by atoms with Crippen molar-refractivity contribution in [2.45, 2.75) is 20.0 Å². The number of ether oxygens (including phenoxy) is 2. The molecule has 4 heteroatoms. The molecule has 0 bridgehead atoms. The standard InChI is InChI=1S/C24H22O4/c1-17-8-12-19(13-9-17)23(26)24(20-14-10-18(2)11-15-20)28-22(25)16-27-21-6-4-3-5-7-21/h3-15,24H,16H2,1-2H3/t24-/m0/s1. The minimum atomic E-state index is -1.02. The van der Waals surface area contributed by atoms with Gasteiger partial charge in [-0.15, -0.1) is 0 Å². The molecule has 0 spiro atoms. The second-order valence-electron chi connectivity index (χ2n) is 6.61. The molecule has 0 N–H and O–H groups in total. The number of esters is 1. The third kappa shape index (κ3) is 5.07. The maximum atomic E-state index is 13.0. The van der Waals surface area contributed by atoms with E-state index >= 15 is 0 Å². The summed E-state index contributed by atoms with van der Waals surface area (Å²) in [6.07, 6.45) is -1.02. The predicted molar refractivity (Wildman–Crippen MR) is 107 cm³/mol. The first-order valence-electron chi connectivity index (χ1n) is 9.08. The van der Waals surface area contributed by atoms with Crippen molar-refractivity contribution >= 4 is 11.8 Å². The fourth-order valence-electron chi connectivity index (χ4n) is 2.71. The summed E-state index contributed by atoms with van der Waals surface area (Å²) in [4.78, 5) is 25.4. The van der Waals surface area contributed by atoms with E-state index in [2.05, 4.69) is 0 Å². The Morgan fingerprint density at radius 3 is 1.96 bits per heavy atom. The van der Waals surface area contributed by atoms with Crippen molar-refractivity contribution in [3.63, 3.8) is 0 Å². The molecular weight excluding hydrogens is 352 g/mol. The molecule has 28 heavy (non-hydrogen) atoms. The van der Waals surface area contributed by atoms with Gasteiger partial charge in [0.15, 0.2) is 12.7 Å². The maximum Gasteiger partial charge on any atom is 0.345 e. The molecule has 0 amide bonds. The zero-order valence-corrected chi connectivity index (χ0v) is 15.9. The minimum absolute atomic E-state index is 0.267. The van der Waals surface area contributed by atoms with E-state index in [1.54, 1.807) is 36.4 Å². The number of carbonyl (C=O) groups is 2. The fraction of sp³-hybridized carbons (Fsp3) is 0.167. The molecule has 0 radical (unpaired) electrons. The summed E-state index contributed by atoms with van der Waals surface area (Å²) in [7, 11) is 0. The molecule has 0 fully saturated rings. The molecule has 0 aromatic heterocycles. The first-order chi connectivity index (χ1) is 13.5. The number of carbonyl (C=O) groups excluding carboxylic acids is 2. The quantitative estimate of drug-likeness (QED) is 0.438. The first kappa shape index (κ1) is 19.4. The summed E-state index contributed by atoms with van der Waals surface area (Å²) >= 11 is 0. The average molecular weight is 374 g/mol. The summed E-state index contributed by atoms with van der Waals surface area (Å²) in [5.74, 6) is -0.303. The van der Waals surface area contributed by atoms with Gasteiger partial charge in [0, 0.05) is 11.1 Å². The number of aryl methyl sites for hydroxylation is 2. The monoisotopic (exact) mass is 374 g/mol. The van der Waals surface area contributed by atoms with Gasteiger partial charge in [-0.05, 0) is 26.0 Å². The van der Waals surface area contributed by atoms with Crippen molar-refractivity contribution in [2.24, 2.45) is 0 Å². The van der Waals surface area contributed by atoms with Gasteiger partial charge in [-0.3, -0.25) is 4.79 Å². The Hall–Kier alpha value is -3.40. The Balaban J connectivity index is 1.77. The Morgan fingerprint density at radius 1 is 0.786 bits per heavy atom. The molecule has 1 atom stereocenters. The number of hydrogen-bond donors (Lipinski definition) is 0. The smallest absolute Gasteiger partial charge is 0.345 e. The highest BCUT2D eigenvalue weighted by molar-refractivity contribution is 6.01. The number of benzene rings is 3. The molecule has 142 valence electrons. The molecule has 0 aliphatic heterocycles. The van der Waals surface area contributed by atoms with Crippen molar-refractivity contribution in [1.29, 1.82) is 0 Å². The van der Waals surface area contributed by atoms with Crippen molar-refractivity contribution in [3.8, 4) is 5.75 Å². The van der Waals surface area contributed by atoms with Crippen molar-refractivity contribution in [2.75, 3.05) is 6.61 Å². The van der Waals surface area contributed by atoms with Crippen LogP contribution in [0.3, 0.4) is 0 Å². The van der Waals surface area contributed by atoms with Crippen LogP contribution >= 0.6 is 0 Å². The molecular formula is C24H22O4. The number of hydrogen-bond acceptors (Lipinski definition) is 4. The van der Waals surface area contributed by atoms with Gasteiger partial charge in [0.2, 0.25) is 5.78 Å². The van der Waals surface area contributed by atoms with Crippen LogP contribution in [-0.2, 0) is 9.53 Å². The van der Waals surface area contributed by atoms with Crippen LogP contribution in [0, 0.1) is 13.8 Å². The van der Waals surface area contributed by atoms with Crippen LogP contribution in [0.5, 0.6) is 5.75 Å². The average Bonchev–Trinajstić information content (AvgIpc) is 2.72. The normalized spacial score (nSPS) is 11.5. The molecule has 3 aromatic rings. The summed E-state index contributed by atoms with van der Waals surface area (Å²) < 4.78 is 11.0. The van der Waals surface area contributed by atoms with Crippen LogP contribution in [-0.4, -0.2) is 18.4 Å². The first-order valence-corrected chi connectivity index (χ1v) is 9.08. The van der Waals surface area contributed by atoms with E-state index in [9.17, 15) is 9.59 Å². The zero-order valence-electron chi connectivity index (χ0n) is 15.9. The molecule has 3 rings (SSSR count). The maximum absolute atomic E-state index is 13.0. The SMILES string of the molecule is Cc1ccc(C(=O)[C@@H](OC(=O)COc2ccccc2)c2ccc(C)cc2)cc1. The summed E-state index contributed by atoms with van der Waals surface area (Å²) in [6.45, 7) is 3.64. The van der Waals surface area contributed by atoms with Crippen LogP contribution in [0.25, 0.3) is 0 Å². The molecule has 0 aliphatic carbocycles. The lowest BCUT2D eigenvalue weighted by Gasteiger charge is -2.18. The molecule has 0 saturated heterocycles. The molecule has 0 unspecified atom stereocenters. The number of Topliss-reactive ketones (excluding diaryl/α,β-unsaturated/α-hetero) is 1. The Bertz CT molecular complexity index is 929. The second kappa shape index (κ2) is 9.00. The molecule has 0 saturated carbocycles. The predicted octanol–water partition coefficient (Wildman–Crippen LogP) is 4.85. The molecule has 0 aliphatic rings. The molecule has 0 heterocycles. The lowest BCUT2D eigenvalue weighted by molar-refractivity contribution is -0.149. The summed E-state index contributed by atoms with van der Waals surface area (Å²) in [5, 5.41) is 0. The highest BCUT2D eigenvalue weighted by Gasteiger charge is 2.26. The van der Waals surface area contributed by atoms with E-state index in [1.807, 2.05) is 56.3 Å². The fourth-order valence-corrected chi connectivity index (χ4v) is 2.71. The van der Waals surface area contributed by atoms with Gasteiger partial charge in [0.1, 0.15) is 5.75 Å². The van der Waals surface area contributed by atoms with Crippen LogP contribution in [0.4, 0.5) is 0 Å². The van der Waals surface area contributed by atoms with Gasteiger partial charge < -0.3 is 9.47 Å².